The first-order valence-corrected chi connectivity index (χ1v) is 8.10. The minimum absolute atomic E-state index is 0.0216. The number of nitro groups is 1. The zero-order valence-electron chi connectivity index (χ0n) is 13.6. The molecule has 6 heteroatoms. The third kappa shape index (κ3) is 2.66. The number of carbonyl (C=O) groups is 1. The van der Waals surface area contributed by atoms with Gasteiger partial charge in [-0.2, -0.15) is 0 Å². The van der Waals surface area contributed by atoms with Crippen molar-refractivity contribution in [3.05, 3.63) is 93.3 Å². The Bertz CT molecular complexity index is 1030. The van der Waals surface area contributed by atoms with E-state index in [1.807, 2.05) is 24.3 Å². The second-order valence-corrected chi connectivity index (χ2v) is 6.16. The van der Waals surface area contributed by atoms with Gasteiger partial charge in [-0.25, -0.2) is 0 Å². The second-order valence-electron chi connectivity index (χ2n) is 6.16. The molecule has 128 valence electrons. The molecule has 4 rings (SSSR count). The molecule has 1 aliphatic rings. The van der Waals surface area contributed by atoms with E-state index in [1.165, 1.54) is 24.3 Å². The molecule has 0 fully saturated rings. The van der Waals surface area contributed by atoms with Gasteiger partial charge in [-0.1, -0.05) is 24.3 Å². The van der Waals surface area contributed by atoms with Crippen molar-refractivity contribution in [2.75, 3.05) is 0 Å². The number of nitro benzene ring substituents is 1. The summed E-state index contributed by atoms with van der Waals surface area (Å²) in [5, 5.41) is 21.1. The number of carbonyl (C=O) groups excluding carboxylic acids is 1. The van der Waals surface area contributed by atoms with Crippen molar-refractivity contribution < 1.29 is 14.8 Å². The topological polar surface area (TPSA) is 93.3 Å². The van der Waals surface area contributed by atoms with Gasteiger partial charge in [0.05, 0.1) is 11.0 Å². The van der Waals surface area contributed by atoms with E-state index in [9.17, 15) is 20.0 Å². The van der Waals surface area contributed by atoms with Crippen molar-refractivity contribution in [3.8, 4) is 11.1 Å². The molecule has 0 bridgehead atoms. The molecular weight excluding hydrogens is 332 g/mol. The number of pyridine rings is 1. The molecular formula is C20H14N2O4. The third-order valence-corrected chi connectivity index (χ3v) is 4.56. The van der Waals surface area contributed by atoms with Crippen LogP contribution in [0.1, 0.15) is 33.3 Å². The molecule has 1 aliphatic carbocycles. The molecule has 0 amide bonds. The van der Waals surface area contributed by atoms with Gasteiger partial charge in [0.2, 0.25) is 0 Å². The van der Waals surface area contributed by atoms with Crippen molar-refractivity contribution in [2.45, 2.75) is 12.5 Å². The van der Waals surface area contributed by atoms with Crippen molar-refractivity contribution in [1.82, 2.24) is 4.98 Å². The lowest BCUT2D eigenvalue weighted by Crippen LogP contribution is -2.05. The fourth-order valence-corrected chi connectivity index (χ4v) is 3.21. The molecule has 1 aromatic heterocycles. The fraction of sp³-hybridized carbons (Fsp3) is 0.100. The highest BCUT2D eigenvalue weighted by Gasteiger charge is 2.27. The van der Waals surface area contributed by atoms with E-state index in [2.05, 4.69) is 4.98 Å². The molecule has 0 aliphatic heterocycles. The molecule has 0 spiro atoms. The Hall–Kier alpha value is -3.38. The number of fused-ring (bicyclic) bond motifs is 3. The number of aliphatic hydroxyl groups excluding tert-OH is 1. The SMILES string of the molecule is O=C1c2ccccc2-c2cc(CC(O)c3ccc([N+](=O)[O-])cc3)ncc21. The van der Waals surface area contributed by atoms with Crippen molar-refractivity contribution >= 4 is 11.5 Å². The first-order valence-electron chi connectivity index (χ1n) is 8.10. The number of non-ortho nitro benzene ring substituents is 1. The summed E-state index contributed by atoms with van der Waals surface area (Å²) in [5.41, 5.74) is 4.14. The van der Waals surface area contributed by atoms with Crippen molar-refractivity contribution in [2.24, 2.45) is 0 Å². The maximum absolute atomic E-state index is 12.4. The largest absolute Gasteiger partial charge is 0.388 e. The zero-order valence-corrected chi connectivity index (χ0v) is 13.6. The van der Waals surface area contributed by atoms with Crippen LogP contribution in [0.2, 0.25) is 0 Å². The number of aliphatic hydroxyl groups is 1. The Morgan fingerprint density at radius 1 is 1.00 bits per heavy atom. The van der Waals surface area contributed by atoms with Crippen LogP contribution in [0.15, 0.2) is 60.8 Å². The average Bonchev–Trinajstić information content (AvgIpc) is 2.94. The van der Waals surface area contributed by atoms with Crippen LogP contribution >= 0.6 is 0 Å². The average molecular weight is 346 g/mol. The first-order chi connectivity index (χ1) is 12.5. The first kappa shape index (κ1) is 16.1. The van der Waals surface area contributed by atoms with Crippen molar-refractivity contribution in [1.29, 1.82) is 0 Å². The van der Waals surface area contributed by atoms with Gasteiger partial charge in [0.25, 0.3) is 5.69 Å². The minimum atomic E-state index is -0.839. The maximum atomic E-state index is 12.4. The van der Waals surface area contributed by atoms with Crippen LogP contribution in [0.5, 0.6) is 0 Å². The molecule has 1 atom stereocenters. The van der Waals surface area contributed by atoms with E-state index in [-0.39, 0.29) is 17.9 Å². The lowest BCUT2D eigenvalue weighted by Gasteiger charge is -2.11. The van der Waals surface area contributed by atoms with Gasteiger partial charge in [-0.3, -0.25) is 19.9 Å². The number of aromatic nitrogens is 1. The Morgan fingerprint density at radius 2 is 1.69 bits per heavy atom. The van der Waals surface area contributed by atoms with E-state index in [1.54, 1.807) is 12.3 Å². The number of hydrogen-bond acceptors (Lipinski definition) is 5. The summed E-state index contributed by atoms with van der Waals surface area (Å²) in [4.78, 5) is 26.9. The van der Waals surface area contributed by atoms with Gasteiger partial charge in [0, 0.05) is 41.6 Å². The number of hydrogen-bond donors (Lipinski definition) is 1. The van der Waals surface area contributed by atoms with Crippen LogP contribution in [-0.2, 0) is 6.42 Å². The van der Waals surface area contributed by atoms with Gasteiger partial charge in [0.1, 0.15) is 0 Å². The lowest BCUT2D eigenvalue weighted by atomic mass is 10.0. The van der Waals surface area contributed by atoms with Gasteiger partial charge >= 0.3 is 0 Å². The van der Waals surface area contributed by atoms with Crippen LogP contribution in [0, 0.1) is 10.1 Å². The predicted molar refractivity (Wildman–Crippen MR) is 94.9 cm³/mol. The van der Waals surface area contributed by atoms with Gasteiger partial charge in [-0.05, 0) is 34.9 Å². The molecule has 0 saturated carbocycles. The van der Waals surface area contributed by atoms with E-state index in [4.69, 9.17) is 0 Å². The molecule has 6 nitrogen and oxygen atoms in total. The van der Waals surface area contributed by atoms with Crippen LogP contribution < -0.4 is 0 Å². The number of nitrogens with zero attached hydrogens (tertiary/aromatic N) is 2. The van der Waals surface area contributed by atoms with Crippen LogP contribution in [0.3, 0.4) is 0 Å². The van der Waals surface area contributed by atoms with Gasteiger partial charge in [0.15, 0.2) is 5.78 Å². The summed E-state index contributed by atoms with van der Waals surface area (Å²) >= 11 is 0. The molecule has 2 aromatic carbocycles. The van der Waals surface area contributed by atoms with E-state index >= 15 is 0 Å². The van der Waals surface area contributed by atoms with Crippen LogP contribution in [-0.4, -0.2) is 20.8 Å². The maximum Gasteiger partial charge on any atom is 0.269 e. The van der Waals surface area contributed by atoms with Gasteiger partial charge < -0.3 is 5.11 Å². The van der Waals surface area contributed by atoms with Crippen LogP contribution in [0.25, 0.3) is 11.1 Å². The molecule has 0 radical (unpaired) electrons. The van der Waals surface area contributed by atoms with Gasteiger partial charge in [-0.15, -0.1) is 0 Å². The van der Waals surface area contributed by atoms with E-state index in [0.717, 1.165) is 11.1 Å². The Balaban J connectivity index is 1.61. The molecule has 1 N–H and O–H groups in total. The molecule has 0 saturated heterocycles. The monoisotopic (exact) mass is 346 g/mol. The number of ketones is 1. The van der Waals surface area contributed by atoms with E-state index in [0.29, 0.717) is 22.4 Å². The third-order valence-electron chi connectivity index (χ3n) is 4.56. The standard InChI is InChI=1S/C20H14N2O4/c23-19(12-5-7-14(8-6-12)22(25)26)10-13-9-17-15-3-1-2-4-16(15)20(24)18(17)11-21-13/h1-9,11,19,23H,10H2. The van der Waals surface area contributed by atoms with Crippen molar-refractivity contribution in [3.63, 3.8) is 0 Å². The Kier molecular flexibility index (Phi) is 3.82. The summed E-state index contributed by atoms with van der Waals surface area (Å²) in [5.74, 6) is -0.0365. The van der Waals surface area contributed by atoms with E-state index < -0.39 is 11.0 Å². The summed E-state index contributed by atoms with van der Waals surface area (Å²) in [7, 11) is 0. The molecule has 26 heavy (non-hydrogen) atoms. The van der Waals surface area contributed by atoms with Crippen LogP contribution in [0.4, 0.5) is 5.69 Å². The quantitative estimate of drug-likeness (QED) is 0.451. The number of benzene rings is 2. The highest BCUT2D eigenvalue weighted by molar-refractivity contribution is 6.21. The minimum Gasteiger partial charge on any atom is -0.388 e. The normalized spacial score (nSPS) is 13.2. The second kappa shape index (κ2) is 6.16. The Morgan fingerprint density at radius 3 is 2.38 bits per heavy atom. The Labute approximate surface area is 148 Å². The highest BCUT2D eigenvalue weighted by atomic mass is 16.6. The highest BCUT2D eigenvalue weighted by Crippen LogP contribution is 2.36. The molecule has 1 unspecified atom stereocenters. The summed E-state index contributed by atoms with van der Waals surface area (Å²) in [6.07, 6.45) is 0.963. The zero-order chi connectivity index (χ0) is 18.3. The summed E-state index contributed by atoms with van der Waals surface area (Å²) in [6.45, 7) is 0. The molecule has 1 heterocycles. The molecule has 3 aromatic rings. The summed E-state index contributed by atoms with van der Waals surface area (Å²) in [6, 6.07) is 15.0. The fourth-order valence-electron chi connectivity index (χ4n) is 3.21. The predicted octanol–water partition coefficient (Wildman–Crippen LogP) is 3.48. The number of rotatable bonds is 4. The summed E-state index contributed by atoms with van der Waals surface area (Å²) < 4.78 is 0. The lowest BCUT2D eigenvalue weighted by molar-refractivity contribution is -0.384. The smallest absolute Gasteiger partial charge is 0.269 e.